The van der Waals surface area contributed by atoms with E-state index in [2.05, 4.69) is 137 Å². The molecule has 0 aliphatic carbocycles. The minimum atomic E-state index is -2.98. The van der Waals surface area contributed by atoms with Crippen molar-refractivity contribution >= 4 is 77.5 Å². The molecule has 2 aliphatic heterocycles. The Hall–Kier alpha value is -4.10. The van der Waals surface area contributed by atoms with Crippen LogP contribution in [0, 0.1) is 5.92 Å². The number of carbonyl (C=O) groups is 3. The number of β-lactam (4-membered cyclic amide) rings is 1. The van der Waals surface area contributed by atoms with Gasteiger partial charge in [-0.2, -0.15) is 0 Å². The van der Waals surface area contributed by atoms with Gasteiger partial charge < -0.3 is 0 Å². The zero-order valence-electron chi connectivity index (χ0n) is 28.4. The van der Waals surface area contributed by atoms with Crippen LogP contribution in [-0.4, -0.2) is 33.5 Å². The number of fused-ring (bicyclic) bond motifs is 1. The van der Waals surface area contributed by atoms with Gasteiger partial charge in [-0.25, -0.2) is 0 Å². The number of nitrogens with zero attached hydrogens (tertiary/aromatic N) is 1. The molecule has 0 unspecified atom stereocenters. The summed E-state index contributed by atoms with van der Waals surface area (Å²) in [6.45, 7) is 1.52. The van der Waals surface area contributed by atoms with E-state index in [0.717, 1.165) is 22.9 Å². The van der Waals surface area contributed by atoms with E-state index in [-0.39, 0.29) is 29.3 Å². The van der Waals surface area contributed by atoms with Crippen molar-refractivity contribution < 1.29 is 14.4 Å². The van der Waals surface area contributed by atoms with E-state index in [1.54, 1.807) is 16.7 Å². The zero-order chi connectivity index (χ0) is 35.5. The van der Waals surface area contributed by atoms with Gasteiger partial charge >= 0.3 is 260 Å². The van der Waals surface area contributed by atoms with Crippen molar-refractivity contribution in [3.05, 3.63) is 180 Å². The predicted molar refractivity (Wildman–Crippen MR) is 222 cm³/mol. The number of hydrogen-bond acceptors (Lipinski definition) is 4. The number of Topliss-reactive ketones (excluding diaryl/α,β-unsaturated/α-hetero) is 2. The van der Waals surface area contributed by atoms with Crippen molar-refractivity contribution in [2.75, 3.05) is 5.75 Å². The Bertz CT molecular complexity index is 2020. The molecule has 4 nitrogen and oxygen atoms in total. The number of benzene rings is 5. The molecular weight excluding hydrogens is 780 g/mol. The zero-order valence-corrected chi connectivity index (χ0v) is 32.3. The molecule has 256 valence electrons. The van der Waals surface area contributed by atoms with Crippen LogP contribution >= 0.6 is 38.0 Å². The van der Waals surface area contributed by atoms with E-state index in [1.165, 1.54) is 28.4 Å². The van der Waals surface area contributed by atoms with Crippen LogP contribution < -0.4 is 15.9 Å². The molecule has 5 aromatic rings. The van der Waals surface area contributed by atoms with E-state index >= 15 is 0 Å². The summed E-state index contributed by atoms with van der Waals surface area (Å²) in [6, 6.07) is 51.1. The van der Waals surface area contributed by atoms with Crippen molar-refractivity contribution in [3.63, 3.8) is 0 Å². The van der Waals surface area contributed by atoms with Gasteiger partial charge in [0.2, 0.25) is 0 Å². The molecule has 0 N–H and O–H groups in total. The van der Waals surface area contributed by atoms with E-state index in [0.29, 0.717) is 17.9 Å². The van der Waals surface area contributed by atoms with Gasteiger partial charge in [0.05, 0.1) is 0 Å². The van der Waals surface area contributed by atoms with Gasteiger partial charge in [0, 0.05) is 12.8 Å². The Balaban J connectivity index is 1.13. The molecule has 2 aliphatic rings. The number of hydrogen-bond donors (Lipinski definition) is 0. The third-order valence-corrected chi connectivity index (χ3v) is 22.4. The number of ketones is 2. The first-order chi connectivity index (χ1) is 24.8. The second-order valence-corrected chi connectivity index (χ2v) is 25.0. The van der Waals surface area contributed by atoms with Crippen LogP contribution in [-0.2, 0) is 27.0 Å². The molecule has 5 aromatic carbocycles. The van der Waals surface area contributed by atoms with Gasteiger partial charge in [0.1, 0.15) is 5.78 Å². The quantitative estimate of drug-likeness (QED) is 0.0719. The minimum absolute atomic E-state index is 0.0480. The van der Waals surface area contributed by atoms with Crippen LogP contribution in [0.4, 0.5) is 0 Å². The molecule has 0 saturated carbocycles. The number of carbonyl (C=O) groups excluding carboxylic acids is 3. The van der Waals surface area contributed by atoms with Crippen molar-refractivity contribution in [1.29, 1.82) is 0 Å². The van der Waals surface area contributed by atoms with Gasteiger partial charge in [0.15, 0.2) is 0 Å². The number of halogens is 1. The topological polar surface area (TPSA) is 54.5 Å². The molecular formula is C44H39INO3PS. The number of amides is 1. The molecule has 0 bridgehead atoms. The second-order valence-electron chi connectivity index (χ2n) is 13.3. The summed E-state index contributed by atoms with van der Waals surface area (Å²) in [7, 11) is 0. The summed E-state index contributed by atoms with van der Waals surface area (Å²) in [6.07, 6.45) is 5.38. The Labute approximate surface area is 317 Å². The predicted octanol–water partition coefficient (Wildman–Crippen LogP) is 8.66. The molecule has 7 heteroatoms. The van der Waals surface area contributed by atoms with Crippen molar-refractivity contribution in [1.82, 2.24) is 4.90 Å². The van der Waals surface area contributed by atoms with Crippen molar-refractivity contribution in [2.24, 2.45) is 5.92 Å². The SMILES string of the molecule is CC(=O)C1=C(C=Cc2ccc(CP(I)(c3ccccc3)(c3ccccc3)c3ccccc3)cc2)CS[C@@H]2[C@H](CC(=O)Cc3ccccc3)C(=O)N12. The summed E-state index contributed by atoms with van der Waals surface area (Å²) in [5, 5.41) is 3.83. The van der Waals surface area contributed by atoms with E-state index in [1.807, 2.05) is 42.5 Å². The van der Waals surface area contributed by atoms with Crippen molar-refractivity contribution in [2.45, 2.75) is 31.3 Å². The Kier molecular flexibility index (Phi) is 10.3. The normalized spacial score (nSPS) is 18.1. The van der Waals surface area contributed by atoms with Crippen LogP contribution in [0.1, 0.15) is 30.0 Å². The molecule has 1 saturated heterocycles. The summed E-state index contributed by atoms with van der Waals surface area (Å²) in [4.78, 5) is 40.7. The number of rotatable bonds is 12. The van der Waals surface area contributed by atoms with Gasteiger partial charge in [-0.05, 0) is 5.56 Å². The average molecular weight is 820 g/mol. The molecule has 51 heavy (non-hydrogen) atoms. The van der Waals surface area contributed by atoms with Crippen molar-refractivity contribution in [3.8, 4) is 0 Å². The van der Waals surface area contributed by atoms with Crippen LogP contribution in [0.25, 0.3) is 6.08 Å². The first-order valence-electron chi connectivity index (χ1n) is 17.2. The van der Waals surface area contributed by atoms with E-state index in [4.69, 9.17) is 0 Å². The molecule has 2 atom stereocenters. The molecule has 1 fully saturated rings. The fraction of sp³-hybridized carbons (Fsp3) is 0.159. The third-order valence-electron chi connectivity index (χ3n) is 9.95. The molecule has 1 amide bonds. The van der Waals surface area contributed by atoms with Gasteiger partial charge in [0.25, 0.3) is 0 Å². The molecule has 0 radical (unpaired) electrons. The number of allylic oxidation sites excluding steroid dienone is 2. The third kappa shape index (κ3) is 6.82. The van der Waals surface area contributed by atoms with Gasteiger partial charge in [-0.1, -0.05) is 30.3 Å². The summed E-state index contributed by atoms with van der Waals surface area (Å²) >= 11 is 4.45. The monoisotopic (exact) mass is 819 g/mol. The van der Waals surface area contributed by atoms with Crippen LogP contribution in [0.15, 0.2) is 163 Å². The Morgan fingerprint density at radius 1 is 0.725 bits per heavy atom. The fourth-order valence-corrected chi connectivity index (χ4v) is 17.6. The van der Waals surface area contributed by atoms with Crippen LogP contribution in [0.2, 0.25) is 0 Å². The maximum atomic E-state index is 13.4. The fourth-order valence-electron chi connectivity index (χ4n) is 7.41. The Morgan fingerprint density at radius 2 is 1.24 bits per heavy atom. The average Bonchev–Trinajstić information content (AvgIpc) is 3.17. The first kappa shape index (κ1) is 35.3. The molecule has 0 spiro atoms. The van der Waals surface area contributed by atoms with E-state index < -0.39 is 10.2 Å². The summed E-state index contributed by atoms with van der Waals surface area (Å²) in [5.74, 6) is -0.00117. The van der Waals surface area contributed by atoms with Crippen LogP contribution in [0.5, 0.6) is 0 Å². The number of thioether (sulfide) groups is 1. The maximum absolute atomic E-state index is 13.4. The summed E-state index contributed by atoms with van der Waals surface area (Å²) in [5.41, 5.74) is 4.51. The van der Waals surface area contributed by atoms with Gasteiger partial charge in [-0.15, -0.1) is 0 Å². The second kappa shape index (κ2) is 14.9. The van der Waals surface area contributed by atoms with Gasteiger partial charge in [-0.3, -0.25) is 4.79 Å². The molecule has 0 aromatic heterocycles. The standard InChI is InChI=1S/C44H39INO3PS/c1-32(47)42-36(31-51-44-41(43(49)46(42)44)29-37(48)28-34-14-6-2-7-15-34)27-26-33-22-24-35(25-23-33)30-50(45,38-16-8-3-9-17-38,39-18-10-4-11-19-39)40-20-12-5-13-21-40/h2-27,41,44H,28-31H2,1H3/t41-,44-/m1/s1. The summed E-state index contributed by atoms with van der Waals surface area (Å²) < 4.78 is -2.98. The molecule has 7 rings (SSSR count). The van der Waals surface area contributed by atoms with Crippen LogP contribution in [0.3, 0.4) is 0 Å². The molecule has 2 heterocycles. The Morgan fingerprint density at radius 3 is 1.75 bits per heavy atom. The first-order valence-corrected chi connectivity index (χ1v) is 23.4. The van der Waals surface area contributed by atoms with E-state index in [9.17, 15) is 14.4 Å².